The van der Waals surface area contributed by atoms with Crippen LogP contribution in [0.1, 0.15) is 6.92 Å². The molecule has 2 N–H and O–H groups in total. The van der Waals surface area contributed by atoms with Crippen LogP contribution in [0, 0.1) is 5.92 Å². The molecule has 0 heterocycles. The fourth-order valence-electron chi connectivity index (χ4n) is 0.448. The predicted molar refractivity (Wildman–Crippen MR) is 46.5 cm³/mol. The van der Waals surface area contributed by atoms with Crippen LogP contribution < -0.4 is 5.73 Å². The van der Waals surface area contributed by atoms with E-state index in [1.165, 1.54) is 0 Å². The van der Waals surface area contributed by atoms with Crippen LogP contribution >= 0.6 is 30.0 Å². The molecular formula is C4H8Cl3GeNO. The van der Waals surface area contributed by atoms with Gasteiger partial charge in [0.05, 0.1) is 0 Å². The quantitative estimate of drug-likeness (QED) is 0.776. The van der Waals surface area contributed by atoms with Gasteiger partial charge in [-0.05, 0) is 0 Å². The summed E-state index contributed by atoms with van der Waals surface area (Å²) in [5, 5.41) is 0.347. The Labute approximate surface area is 74.9 Å². The van der Waals surface area contributed by atoms with Crippen molar-refractivity contribution in [2.24, 2.45) is 11.7 Å². The molecule has 0 saturated heterocycles. The van der Waals surface area contributed by atoms with Crippen molar-refractivity contribution in [2.75, 3.05) is 0 Å². The van der Waals surface area contributed by atoms with Gasteiger partial charge in [0.2, 0.25) is 0 Å². The summed E-state index contributed by atoms with van der Waals surface area (Å²) in [5.41, 5.74) is 4.96. The van der Waals surface area contributed by atoms with E-state index in [9.17, 15) is 4.79 Å². The van der Waals surface area contributed by atoms with Gasteiger partial charge in [0.1, 0.15) is 0 Å². The van der Waals surface area contributed by atoms with Gasteiger partial charge in [-0.25, -0.2) is 0 Å². The number of primary amides is 1. The molecule has 0 aliphatic heterocycles. The van der Waals surface area contributed by atoms with E-state index in [-0.39, 0.29) is 5.92 Å². The number of amides is 1. The number of nitrogens with two attached hydrogens (primary N) is 1. The number of hydrogen-bond donors (Lipinski definition) is 1. The predicted octanol–water partition coefficient (Wildman–Crippen LogP) is 1.76. The molecule has 0 spiro atoms. The molecule has 0 fully saturated rings. The van der Waals surface area contributed by atoms with Crippen molar-refractivity contribution >= 4 is 46.4 Å². The number of rotatable bonds is 3. The Morgan fingerprint density at radius 2 is 2.00 bits per heavy atom. The minimum atomic E-state index is -3.12. The molecule has 60 valence electrons. The molecule has 1 atom stereocenters. The summed E-state index contributed by atoms with van der Waals surface area (Å²) in [7, 11) is 13.6. The first kappa shape index (κ1) is 10.9. The Hall–Kier alpha value is 0.883. The number of carbonyl (C=O) groups excluding carboxylic acids is 1. The van der Waals surface area contributed by atoms with E-state index in [1.54, 1.807) is 6.92 Å². The van der Waals surface area contributed by atoms with Crippen LogP contribution in [-0.4, -0.2) is 16.4 Å². The van der Waals surface area contributed by atoms with E-state index in [1.807, 2.05) is 0 Å². The van der Waals surface area contributed by atoms with E-state index in [2.05, 4.69) is 0 Å². The average Bonchev–Trinajstić information content (AvgIpc) is 1.60. The second kappa shape index (κ2) is 4.05. The summed E-state index contributed by atoms with van der Waals surface area (Å²) < 4.78 is 0. The molecule has 1 unspecified atom stereocenters. The molecule has 0 aliphatic rings. The fourth-order valence-corrected chi connectivity index (χ4v) is 5.93. The van der Waals surface area contributed by atoms with Crippen molar-refractivity contribution in [1.29, 1.82) is 0 Å². The Kier molecular flexibility index (Phi) is 4.40. The first-order valence-corrected chi connectivity index (χ1v) is 12.4. The van der Waals surface area contributed by atoms with Crippen LogP contribution in [0.2, 0.25) is 5.25 Å². The average molecular weight is 265 g/mol. The fraction of sp³-hybridized carbons (Fsp3) is 0.750. The first-order chi connectivity index (χ1) is 4.33. The molecule has 2 nitrogen and oxygen atoms in total. The number of carbonyl (C=O) groups is 1. The van der Waals surface area contributed by atoms with Crippen molar-refractivity contribution in [3.05, 3.63) is 0 Å². The van der Waals surface area contributed by atoms with Crippen molar-refractivity contribution in [2.45, 2.75) is 12.2 Å². The minimum absolute atomic E-state index is 0.313. The van der Waals surface area contributed by atoms with Crippen LogP contribution in [-0.2, 0) is 4.79 Å². The SMILES string of the molecule is CC([CH2][Ge]([Cl])([Cl])[Cl])C(N)=O. The van der Waals surface area contributed by atoms with Crippen LogP contribution in [0.5, 0.6) is 0 Å². The standard InChI is InChI=1S/C4H8Cl3GeNO/c1-3(4(9)10)2-8(5,6)7/h3H,2H2,1H3,(H2,9,10). The van der Waals surface area contributed by atoms with Crippen molar-refractivity contribution < 1.29 is 4.79 Å². The van der Waals surface area contributed by atoms with Gasteiger partial charge >= 0.3 is 75.0 Å². The molecule has 1 amide bonds. The van der Waals surface area contributed by atoms with Crippen LogP contribution in [0.4, 0.5) is 0 Å². The van der Waals surface area contributed by atoms with Crippen molar-refractivity contribution in [3.8, 4) is 0 Å². The Morgan fingerprint density at radius 3 is 2.10 bits per heavy atom. The summed E-state index contributed by atoms with van der Waals surface area (Å²) in [6.07, 6.45) is 0. The van der Waals surface area contributed by atoms with Crippen LogP contribution in [0.3, 0.4) is 0 Å². The third-order valence-corrected chi connectivity index (χ3v) is 5.68. The monoisotopic (exact) mass is 265 g/mol. The summed E-state index contributed by atoms with van der Waals surface area (Å²) in [4.78, 5) is 10.5. The van der Waals surface area contributed by atoms with E-state index in [0.29, 0.717) is 5.25 Å². The second-order valence-corrected chi connectivity index (χ2v) is 18.6. The first-order valence-electron chi connectivity index (χ1n) is 2.69. The van der Waals surface area contributed by atoms with E-state index in [4.69, 9.17) is 35.8 Å². The molecule has 0 radical (unpaired) electrons. The van der Waals surface area contributed by atoms with Crippen LogP contribution in [0.25, 0.3) is 0 Å². The van der Waals surface area contributed by atoms with Gasteiger partial charge < -0.3 is 0 Å². The Morgan fingerprint density at radius 1 is 1.60 bits per heavy atom. The second-order valence-electron chi connectivity index (χ2n) is 2.12. The molecule has 6 heteroatoms. The molecule has 0 aromatic carbocycles. The molecule has 0 aromatic heterocycles. The summed E-state index contributed by atoms with van der Waals surface area (Å²) >= 11 is 0. The zero-order valence-electron chi connectivity index (χ0n) is 5.40. The van der Waals surface area contributed by atoms with Gasteiger partial charge in [0, 0.05) is 0 Å². The summed E-state index contributed by atoms with van der Waals surface area (Å²) in [5.74, 6) is -0.718. The molecule has 10 heavy (non-hydrogen) atoms. The van der Waals surface area contributed by atoms with E-state index >= 15 is 0 Å². The molecule has 0 saturated carbocycles. The maximum absolute atomic E-state index is 10.5. The third kappa shape index (κ3) is 5.65. The van der Waals surface area contributed by atoms with Gasteiger partial charge in [-0.15, -0.1) is 0 Å². The summed E-state index contributed by atoms with van der Waals surface area (Å²) in [6, 6.07) is 0. The Bertz CT molecular complexity index is 135. The van der Waals surface area contributed by atoms with Gasteiger partial charge in [0.25, 0.3) is 0 Å². The van der Waals surface area contributed by atoms with Crippen LogP contribution in [0.15, 0.2) is 0 Å². The number of halogens is 3. The van der Waals surface area contributed by atoms with Gasteiger partial charge in [-0.1, -0.05) is 0 Å². The topological polar surface area (TPSA) is 43.1 Å². The molecule has 0 bridgehead atoms. The molecule has 0 rings (SSSR count). The van der Waals surface area contributed by atoms with E-state index in [0.717, 1.165) is 0 Å². The van der Waals surface area contributed by atoms with E-state index < -0.39 is 16.4 Å². The van der Waals surface area contributed by atoms with Crippen molar-refractivity contribution in [1.82, 2.24) is 0 Å². The van der Waals surface area contributed by atoms with Gasteiger partial charge in [-0.2, -0.15) is 0 Å². The summed E-state index contributed by atoms with van der Waals surface area (Å²) in [6.45, 7) is 1.66. The normalized spacial score (nSPS) is 14.8. The molecule has 0 aliphatic carbocycles. The van der Waals surface area contributed by atoms with Crippen molar-refractivity contribution in [3.63, 3.8) is 0 Å². The number of hydrogen-bond acceptors (Lipinski definition) is 1. The van der Waals surface area contributed by atoms with Gasteiger partial charge in [0.15, 0.2) is 0 Å². The molecule has 0 aromatic rings. The third-order valence-electron chi connectivity index (χ3n) is 1.02. The van der Waals surface area contributed by atoms with Gasteiger partial charge in [-0.3, -0.25) is 0 Å². The molecular weight excluding hydrogens is 257 g/mol. The zero-order valence-corrected chi connectivity index (χ0v) is 9.77. The Balaban J connectivity index is 3.80. The zero-order chi connectivity index (χ0) is 8.36. The maximum atomic E-state index is 10.5.